The number of halogens is 2. The molecule has 1 amide bonds. The minimum Gasteiger partial charge on any atom is -0.395 e. The normalized spacial score (nSPS) is 14.5. The Morgan fingerprint density at radius 2 is 1.74 bits per heavy atom. The first-order valence-corrected chi connectivity index (χ1v) is 8.26. The topological polar surface area (TPSA) is 74.5 Å². The molecule has 0 saturated carbocycles. The van der Waals surface area contributed by atoms with E-state index in [1.807, 2.05) is 19.1 Å². The Hall–Kier alpha value is -3.36. The number of para-hydroxylation sites is 2. The summed E-state index contributed by atoms with van der Waals surface area (Å²) in [5, 5.41) is 2.58. The second-order valence-corrected chi connectivity index (χ2v) is 5.98. The molecule has 0 spiro atoms. The lowest BCUT2D eigenvalue weighted by Crippen LogP contribution is -2.29. The number of anilines is 1. The largest absolute Gasteiger partial charge is 0.586 e. The molecule has 2 aromatic carbocycles. The van der Waals surface area contributed by atoms with E-state index in [0.717, 1.165) is 5.52 Å². The van der Waals surface area contributed by atoms with E-state index in [2.05, 4.69) is 14.8 Å². The van der Waals surface area contributed by atoms with Crippen LogP contribution in [0.5, 0.6) is 11.5 Å². The number of nitrogens with one attached hydrogen (secondary N) is 1. The SMILES string of the molecule is CCn1c(=O)n(CC(=O)Nc2ccc3c(c2)OC(F)(F)O3)c2ccccc21. The number of imidazole rings is 1. The molecule has 0 bridgehead atoms. The Morgan fingerprint density at radius 1 is 1.07 bits per heavy atom. The Morgan fingerprint density at radius 3 is 2.44 bits per heavy atom. The van der Waals surface area contributed by atoms with E-state index in [0.29, 0.717) is 12.1 Å². The number of hydrogen-bond donors (Lipinski definition) is 1. The molecule has 0 fully saturated rings. The van der Waals surface area contributed by atoms with Crippen molar-refractivity contribution in [2.24, 2.45) is 0 Å². The van der Waals surface area contributed by atoms with Crippen molar-refractivity contribution < 1.29 is 23.0 Å². The van der Waals surface area contributed by atoms with Crippen LogP contribution in [0.15, 0.2) is 47.3 Å². The van der Waals surface area contributed by atoms with Gasteiger partial charge in [-0.3, -0.25) is 13.9 Å². The predicted octanol–water partition coefficient (Wildman–Crippen LogP) is 2.78. The highest BCUT2D eigenvalue weighted by atomic mass is 19.3. The van der Waals surface area contributed by atoms with Crippen molar-refractivity contribution in [2.75, 3.05) is 5.32 Å². The number of alkyl halides is 2. The van der Waals surface area contributed by atoms with Crippen molar-refractivity contribution in [1.29, 1.82) is 0 Å². The second kappa shape index (κ2) is 6.11. The lowest BCUT2D eigenvalue weighted by molar-refractivity contribution is -0.286. The monoisotopic (exact) mass is 375 g/mol. The summed E-state index contributed by atoms with van der Waals surface area (Å²) in [6, 6.07) is 11.1. The molecule has 1 aliphatic heterocycles. The number of aromatic nitrogens is 2. The minimum absolute atomic E-state index is 0.111. The second-order valence-electron chi connectivity index (χ2n) is 5.98. The number of amides is 1. The number of carbonyl (C=O) groups is 1. The molecule has 0 aliphatic carbocycles. The van der Waals surface area contributed by atoms with E-state index in [-0.39, 0.29) is 29.4 Å². The Balaban J connectivity index is 1.57. The van der Waals surface area contributed by atoms with Gasteiger partial charge in [0.25, 0.3) is 0 Å². The summed E-state index contributed by atoms with van der Waals surface area (Å²) in [6.07, 6.45) is -3.72. The average Bonchev–Trinajstić information content (AvgIpc) is 3.07. The standard InChI is InChI=1S/C18H15F2N3O4/c1-2-22-12-5-3-4-6-13(12)23(17(22)25)10-16(24)21-11-7-8-14-15(9-11)27-18(19,20)26-14/h3-9H,2,10H2,1H3,(H,21,24). The van der Waals surface area contributed by atoms with Crippen molar-refractivity contribution >= 4 is 22.6 Å². The Kier molecular flexibility index (Phi) is 3.87. The molecule has 27 heavy (non-hydrogen) atoms. The van der Waals surface area contributed by atoms with Crippen LogP contribution in [-0.4, -0.2) is 21.3 Å². The molecule has 0 saturated heterocycles. The molecule has 2 heterocycles. The summed E-state index contributed by atoms with van der Waals surface area (Å²) >= 11 is 0. The van der Waals surface area contributed by atoms with Crippen molar-refractivity contribution in [3.63, 3.8) is 0 Å². The van der Waals surface area contributed by atoms with E-state index in [4.69, 9.17) is 0 Å². The molecule has 7 nitrogen and oxygen atoms in total. The third-order valence-corrected chi connectivity index (χ3v) is 4.23. The third kappa shape index (κ3) is 3.01. The summed E-state index contributed by atoms with van der Waals surface area (Å²) in [4.78, 5) is 25.0. The quantitative estimate of drug-likeness (QED) is 0.761. The van der Waals surface area contributed by atoms with E-state index in [1.54, 1.807) is 16.7 Å². The molecule has 140 valence electrons. The molecule has 0 radical (unpaired) electrons. The Bertz CT molecular complexity index is 1100. The number of hydrogen-bond acceptors (Lipinski definition) is 4. The van der Waals surface area contributed by atoms with Gasteiger partial charge >= 0.3 is 12.0 Å². The first-order valence-electron chi connectivity index (χ1n) is 8.26. The van der Waals surface area contributed by atoms with Crippen LogP contribution in [0, 0.1) is 0 Å². The van der Waals surface area contributed by atoms with Crippen molar-refractivity contribution in [3.8, 4) is 11.5 Å². The molecule has 9 heteroatoms. The van der Waals surface area contributed by atoms with E-state index in [1.165, 1.54) is 22.8 Å². The highest BCUT2D eigenvalue weighted by Gasteiger charge is 2.43. The van der Waals surface area contributed by atoms with E-state index >= 15 is 0 Å². The summed E-state index contributed by atoms with van der Waals surface area (Å²) in [5.41, 5.74) is 1.35. The summed E-state index contributed by atoms with van der Waals surface area (Å²) in [6.45, 7) is 2.11. The van der Waals surface area contributed by atoms with Crippen LogP contribution < -0.4 is 20.5 Å². The molecule has 0 atom stereocenters. The molecule has 1 aliphatic rings. The fraction of sp³-hybridized carbons (Fsp3) is 0.222. The number of benzene rings is 2. The zero-order valence-corrected chi connectivity index (χ0v) is 14.2. The molecule has 1 N–H and O–H groups in total. The van der Waals surface area contributed by atoms with E-state index in [9.17, 15) is 18.4 Å². The highest BCUT2D eigenvalue weighted by Crippen LogP contribution is 2.42. The molecular weight excluding hydrogens is 360 g/mol. The molecule has 1 aromatic heterocycles. The van der Waals surface area contributed by atoms with Gasteiger partial charge in [-0.15, -0.1) is 8.78 Å². The zero-order chi connectivity index (χ0) is 19.2. The number of aryl methyl sites for hydroxylation is 1. The van der Waals surface area contributed by atoms with Crippen LogP contribution in [0.1, 0.15) is 6.92 Å². The van der Waals surface area contributed by atoms with Gasteiger partial charge in [-0.25, -0.2) is 4.79 Å². The Labute approximate surface area is 151 Å². The first kappa shape index (κ1) is 17.1. The molecule has 0 unspecified atom stereocenters. The van der Waals surface area contributed by atoms with Crippen molar-refractivity contribution in [3.05, 3.63) is 52.9 Å². The third-order valence-electron chi connectivity index (χ3n) is 4.23. The zero-order valence-electron chi connectivity index (χ0n) is 14.2. The van der Waals surface area contributed by atoms with Gasteiger partial charge < -0.3 is 14.8 Å². The van der Waals surface area contributed by atoms with Gasteiger partial charge in [0.05, 0.1) is 11.0 Å². The average molecular weight is 375 g/mol. The first-order chi connectivity index (χ1) is 12.9. The summed E-state index contributed by atoms with van der Waals surface area (Å²) < 4.78 is 37.8. The van der Waals surface area contributed by atoms with Crippen LogP contribution >= 0.6 is 0 Å². The maximum atomic E-state index is 13.1. The highest BCUT2D eigenvalue weighted by molar-refractivity contribution is 5.92. The van der Waals surface area contributed by atoms with Crippen LogP contribution in [0.25, 0.3) is 11.0 Å². The lowest BCUT2D eigenvalue weighted by atomic mass is 10.2. The smallest absolute Gasteiger partial charge is 0.395 e. The maximum absolute atomic E-state index is 13.1. The van der Waals surface area contributed by atoms with Gasteiger partial charge in [0.15, 0.2) is 11.5 Å². The molecular formula is C18H15F2N3O4. The predicted molar refractivity (Wildman–Crippen MR) is 93.1 cm³/mol. The van der Waals surface area contributed by atoms with Gasteiger partial charge in [-0.2, -0.15) is 0 Å². The van der Waals surface area contributed by atoms with Crippen molar-refractivity contribution in [1.82, 2.24) is 9.13 Å². The van der Waals surface area contributed by atoms with Gasteiger partial charge in [-0.1, -0.05) is 12.1 Å². The van der Waals surface area contributed by atoms with Crippen molar-refractivity contribution in [2.45, 2.75) is 26.3 Å². The maximum Gasteiger partial charge on any atom is 0.586 e. The van der Waals surface area contributed by atoms with Gasteiger partial charge in [0.1, 0.15) is 6.54 Å². The molecule has 3 aromatic rings. The number of ether oxygens (including phenoxy) is 2. The number of carbonyl (C=O) groups excluding carboxylic acids is 1. The number of fused-ring (bicyclic) bond motifs is 2. The van der Waals surface area contributed by atoms with E-state index < -0.39 is 12.2 Å². The number of rotatable bonds is 4. The summed E-state index contributed by atoms with van der Waals surface area (Å²) in [5.74, 6) is -0.750. The number of nitrogens with zero attached hydrogens (tertiary/aromatic N) is 2. The minimum atomic E-state index is -3.72. The van der Waals surface area contributed by atoms with Gasteiger partial charge in [-0.05, 0) is 31.2 Å². The van der Waals surface area contributed by atoms with Crippen LogP contribution in [0.3, 0.4) is 0 Å². The van der Waals surface area contributed by atoms with Crippen LogP contribution in [-0.2, 0) is 17.9 Å². The van der Waals surface area contributed by atoms with Gasteiger partial charge in [0.2, 0.25) is 5.91 Å². The molecule has 4 rings (SSSR count). The fourth-order valence-corrected chi connectivity index (χ4v) is 3.10. The van der Waals surface area contributed by atoms with Crippen LogP contribution in [0.2, 0.25) is 0 Å². The van der Waals surface area contributed by atoms with Crippen LogP contribution in [0.4, 0.5) is 14.5 Å². The lowest BCUT2D eigenvalue weighted by Gasteiger charge is -2.07. The van der Waals surface area contributed by atoms with Gasteiger partial charge in [0, 0.05) is 18.3 Å². The fourth-order valence-electron chi connectivity index (χ4n) is 3.10. The summed E-state index contributed by atoms with van der Waals surface area (Å²) in [7, 11) is 0.